The van der Waals surface area contributed by atoms with Crippen LogP contribution < -0.4 is 11.5 Å². The molecule has 0 aromatic carbocycles. The molecule has 4 heteroatoms. The van der Waals surface area contributed by atoms with Gasteiger partial charge in [0.15, 0.2) is 0 Å². The quantitative estimate of drug-likeness (QED) is 0.597. The molecule has 0 fully saturated rings. The highest BCUT2D eigenvalue weighted by Gasteiger charge is 1.98. The number of nitrogens with zero attached hydrogens (tertiary/aromatic N) is 2. The maximum Gasteiger partial charge on any atom is 0.0964 e. The van der Waals surface area contributed by atoms with Gasteiger partial charge in [0.05, 0.1) is 29.3 Å². The van der Waals surface area contributed by atoms with Crippen molar-refractivity contribution >= 4 is 22.3 Å². The topological polar surface area (TPSA) is 77.8 Å². The molecule has 4 N–H and O–H groups in total. The van der Waals surface area contributed by atoms with Gasteiger partial charge < -0.3 is 11.5 Å². The second-order valence-corrected chi connectivity index (χ2v) is 2.57. The molecule has 4 nitrogen and oxygen atoms in total. The number of anilines is 2. The number of fused-ring (bicyclic) bond motifs is 1. The molecule has 0 aliphatic rings. The average molecular weight is 160 g/mol. The summed E-state index contributed by atoms with van der Waals surface area (Å²) in [5.74, 6) is 0. The van der Waals surface area contributed by atoms with Gasteiger partial charge in [0.25, 0.3) is 0 Å². The fourth-order valence-electron chi connectivity index (χ4n) is 1.10. The predicted molar refractivity (Wildman–Crippen MR) is 48.4 cm³/mol. The second kappa shape index (κ2) is 2.34. The Morgan fingerprint density at radius 2 is 1.92 bits per heavy atom. The zero-order chi connectivity index (χ0) is 8.55. The van der Waals surface area contributed by atoms with Crippen molar-refractivity contribution in [2.45, 2.75) is 0 Å². The van der Waals surface area contributed by atoms with Crippen molar-refractivity contribution in [3.8, 4) is 0 Å². The van der Waals surface area contributed by atoms with Gasteiger partial charge in [-0.15, -0.1) is 0 Å². The molecule has 2 aromatic heterocycles. The van der Waals surface area contributed by atoms with Crippen LogP contribution in [0.4, 0.5) is 11.4 Å². The molecule has 0 saturated heterocycles. The van der Waals surface area contributed by atoms with Crippen LogP contribution in [0.5, 0.6) is 0 Å². The van der Waals surface area contributed by atoms with Crippen molar-refractivity contribution in [1.82, 2.24) is 9.97 Å². The maximum absolute atomic E-state index is 5.64. The number of rotatable bonds is 0. The second-order valence-electron chi connectivity index (χ2n) is 2.57. The third-order valence-electron chi connectivity index (χ3n) is 1.64. The van der Waals surface area contributed by atoms with E-state index in [9.17, 15) is 0 Å². The molecule has 0 spiro atoms. The highest BCUT2D eigenvalue weighted by Crippen LogP contribution is 2.17. The molecule has 12 heavy (non-hydrogen) atoms. The first-order chi connectivity index (χ1) is 5.77. The molecule has 0 atom stereocenters. The molecule has 2 aromatic rings. The van der Waals surface area contributed by atoms with E-state index in [-0.39, 0.29) is 0 Å². The van der Waals surface area contributed by atoms with E-state index in [4.69, 9.17) is 11.5 Å². The van der Waals surface area contributed by atoms with Gasteiger partial charge in [0, 0.05) is 11.6 Å². The van der Waals surface area contributed by atoms with Crippen LogP contribution >= 0.6 is 0 Å². The molecule has 0 amide bonds. The summed E-state index contributed by atoms with van der Waals surface area (Å²) in [6, 6.07) is 1.80. The lowest BCUT2D eigenvalue weighted by molar-refractivity contribution is 1.33. The van der Waals surface area contributed by atoms with Crippen molar-refractivity contribution in [3.05, 3.63) is 24.7 Å². The van der Waals surface area contributed by atoms with Crippen molar-refractivity contribution in [1.29, 1.82) is 0 Å². The molecular weight excluding hydrogens is 152 g/mol. The first kappa shape index (κ1) is 6.84. The minimum Gasteiger partial charge on any atom is -0.397 e. The Labute approximate surface area is 69.2 Å². The maximum atomic E-state index is 5.64. The fraction of sp³-hybridized carbons (Fsp3) is 0. The Kier molecular flexibility index (Phi) is 1.33. The summed E-state index contributed by atoms with van der Waals surface area (Å²) in [6.07, 6.45) is 4.85. The van der Waals surface area contributed by atoms with Gasteiger partial charge in [-0.2, -0.15) is 0 Å². The van der Waals surface area contributed by atoms with Crippen LogP contribution in [0.2, 0.25) is 0 Å². The number of hydrogen-bond donors (Lipinski definition) is 2. The van der Waals surface area contributed by atoms with Crippen molar-refractivity contribution in [2.24, 2.45) is 0 Å². The predicted octanol–water partition coefficient (Wildman–Crippen LogP) is 0.794. The van der Waals surface area contributed by atoms with Crippen molar-refractivity contribution in [2.75, 3.05) is 11.5 Å². The Morgan fingerprint density at radius 3 is 2.75 bits per heavy atom. The molecule has 2 heterocycles. The van der Waals surface area contributed by atoms with Gasteiger partial charge in [-0.25, -0.2) is 0 Å². The van der Waals surface area contributed by atoms with Crippen LogP contribution in [0.3, 0.4) is 0 Å². The molecule has 0 radical (unpaired) electrons. The lowest BCUT2D eigenvalue weighted by atomic mass is 10.2. The zero-order valence-corrected chi connectivity index (χ0v) is 6.36. The number of aromatic nitrogens is 2. The highest BCUT2D eigenvalue weighted by atomic mass is 14.8. The lowest BCUT2D eigenvalue weighted by Crippen LogP contribution is -1.92. The van der Waals surface area contributed by atoms with Crippen LogP contribution in [-0.4, -0.2) is 9.97 Å². The van der Waals surface area contributed by atoms with E-state index in [0.29, 0.717) is 11.4 Å². The molecule has 2 rings (SSSR count). The van der Waals surface area contributed by atoms with Gasteiger partial charge in [0.2, 0.25) is 0 Å². The smallest absolute Gasteiger partial charge is 0.0964 e. The van der Waals surface area contributed by atoms with Gasteiger partial charge in [0.1, 0.15) is 0 Å². The van der Waals surface area contributed by atoms with E-state index in [0.717, 1.165) is 10.9 Å². The SMILES string of the molecule is Nc1cnc2c(N)cncc2c1. The van der Waals surface area contributed by atoms with Crippen molar-refractivity contribution < 1.29 is 0 Å². The van der Waals surface area contributed by atoms with E-state index in [1.807, 2.05) is 0 Å². The van der Waals surface area contributed by atoms with Crippen LogP contribution in [0.25, 0.3) is 10.9 Å². The first-order valence-electron chi connectivity index (χ1n) is 3.52. The summed E-state index contributed by atoms with van der Waals surface area (Å²) >= 11 is 0. The number of pyridine rings is 2. The molecule has 60 valence electrons. The van der Waals surface area contributed by atoms with Crippen LogP contribution in [0, 0.1) is 0 Å². The summed E-state index contributed by atoms with van der Waals surface area (Å²) < 4.78 is 0. The zero-order valence-electron chi connectivity index (χ0n) is 6.36. The summed E-state index contributed by atoms with van der Waals surface area (Å²) in [5, 5.41) is 0.870. The Balaban J connectivity index is 2.86. The summed E-state index contributed by atoms with van der Waals surface area (Å²) in [7, 11) is 0. The monoisotopic (exact) mass is 160 g/mol. The third kappa shape index (κ3) is 0.934. The Morgan fingerprint density at radius 1 is 1.08 bits per heavy atom. The van der Waals surface area contributed by atoms with Gasteiger partial charge in [-0.05, 0) is 6.07 Å². The van der Waals surface area contributed by atoms with E-state index < -0.39 is 0 Å². The molecule has 0 aliphatic heterocycles. The van der Waals surface area contributed by atoms with Crippen LogP contribution in [0.1, 0.15) is 0 Å². The largest absolute Gasteiger partial charge is 0.397 e. The standard InChI is InChI=1S/C8H8N4/c9-6-1-5-2-11-4-7(10)8(5)12-3-6/h1-4H,9-10H2. The van der Waals surface area contributed by atoms with Gasteiger partial charge >= 0.3 is 0 Å². The Bertz CT molecular complexity index is 424. The van der Waals surface area contributed by atoms with Gasteiger partial charge in [-0.1, -0.05) is 0 Å². The minimum absolute atomic E-state index is 0.576. The molecule has 0 bridgehead atoms. The number of nitrogens with two attached hydrogens (primary N) is 2. The van der Waals surface area contributed by atoms with E-state index in [2.05, 4.69) is 9.97 Å². The normalized spacial score (nSPS) is 10.3. The van der Waals surface area contributed by atoms with Crippen LogP contribution in [0.15, 0.2) is 24.7 Å². The van der Waals surface area contributed by atoms with E-state index in [1.165, 1.54) is 0 Å². The molecule has 0 saturated carbocycles. The van der Waals surface area contributed by atoms with E-state index in [1.54, 1.807) is 24.7 Å². The van der Waals surface area contributed by atoms with E-state index >= 15 is 0 Å². The molecular formula is C8H8N4. The van der Waals surface area contributed by atoms with Crippen LogP contribution in [-0.2, 0) is 0 Å². The molecule has 0 unspecified atom stereocenters. The highest BCUT2D eigenvalue weighted by molar-refractivity contribution is 5.89. The van der Waals surface area contributed by atoms with Crippen molar-refractivity contribution in [3.63, 3.8) is 0 Å². The first-order valence-corrected chi connectivity index (χ1v) is 3.52. The molecule has 0 aliphatic carbocycles. The minimum atomic E-state index is 0.576. The third-order valence-corrected chi connectivity index (χ3v) is 1.64. The summed E-state index contributed by atoms with van der Waals surface area (Å²) in [6.45, 7) is 0. The average Bonchev–Trinajstić information content (AvgIpc) is 2.04. The fourth-order valence-corrected chi connectivity index (χ4v) is 1.10. The summed E-state index contributed by atoms with van der Waals surface area (Å²) in [4.78, 5) is 8.02. The Hall–Kier alpha value is -1.84. The number of nitrogen functional groups attached to an aromatic ring is 2. The summed E-state index contributed by atoms with van der Waals surface area (Å²) in [5.41, 5.74) is 13.1. The van der Waals surface area contributed by atoms with Gasteiger partial charge in [-0.3, -0.25) is 9.97 Å². The lowest BCUT2D eigenvalue weighted by Gasteiger charge is -1.99. The number of hydrogen-bond acceptors (Lipinski definition) is 4.